The molecule has 1 aliphatic heterocycles. The number of ether oxygens (including phenoxy) is 4. The number of anilines is 1. The molecule has 1 saturated heterocycles. The minimum Gasteiger partial charge on any atom is -0.495 e. The van der Waals surface area contributed by atoms with Crippen molar-refractivity contribution in [1.82, 2.24) is 5.43 Å². The van der Waals surface area contributed by atoms with Crippen LogP contribution in [0.4, 0.5) is 5.69 Å². The van der Waals surface area contributed by atoms with E-state index in [9.17, 15) is 13.2 Å². The zero-order valence-corrected chi connectivity index (χ0v) is 24.4. The van der Waals surface area contributed by atoms with Gasteiger partial charge in [-0.3, -0.25) is 9.10 Å². The first-order chi connectivity index (χ1) is 19.2. The molecule has 212 valence electrons. The van der Waals surface area contributed by atoms with Crippen molar-refractivity contribution in [3.05, 3.63) is 71.2 Å². The lowest BCUT2D eigenvalue weighted by atomic mass is 10.2. The van der Waals surface area contributed by atoms with Crippen molar-refractivity contribution in [2.24, 2.45) is 5.10 Å². The van der Waals surface area contributed by atoms with Crippen molar-refractivity contribution in [2.75, 3.05) is 43.7 Å². The third-order valence-corrected chi connectivity index (χ3v) is 9.04. The number of nitrogens with one attached hydrogen (secondary N) is 1. The number of hydrazone groups is 1. The molecule has 0 saturated carbocycles. The highest BCUT2D eigenvalue weighted by molar-refractivity contribution is 8.00. The molecule has 0 unspecified atom stereocenters. The predicted octanol–water partition coefficient (Wildman–Crippen LogP) is 4.21. The molecule has 1 fully saturated rings. The van der Waals surface area contributed by atoms with Gasteiger partial charge in [-0.1, -0.05) is 11.6 Å². The van der Waals surface area contributed by atoms with Crippen LogP contribution < -0.4 is 28.7 Å². The Bertz CT molecular complexity index is 1480. The quantitative estimate of drug-likeness (QED) is 0.241. The Labute approximate surface area is 242 Å². The zero-order chi connectivity index (χ0) is 28.7. The van der Waals surface area contributed by atoms with Crippen LogP contribution in [0.1, 0.15) is 5.56 Å². The Hall–Kier alpha value is -3.61. The van der Waals surface area contributed by atoms with Crippen LogP contribution in [0.2, 0.25) is 5.02 Å². The molecular weight excluding hydrogens is 578 g/mol. The maximum absolute atomic E-state index is 13.8. The largest absolute Gasteiger partial charge is 0.495 e. The predicted molar refractivity (Wildman–Crippen MR) is 156 cm³/mol. The molecule has 1 heterocycles. The fraction of sp³-hybridized carbons (Fsp3) is 0.259. The normalized spacial score (nSPS) is 13.4. The minimum absolute atomic E-state index is 0.0735. The highest BCUT2D eigenvalue weighted by atomic mass is 35.5. The van der Waals surface area contributed by atoms with E-state index in [2.05, 4.69) is 10.5 Å². The van der Waals surface area contributed by atoms with Gasteiger partial charge in [-0.25, -0.2) is 13.8 Å². The van der Waals surface area contributed by atoms with E-state index in [-0.39, 0.29) is 33.2 Å². The molecular formula is C27H28ClN3O7S2. The summed E-state index contributed by atoms with van der Waals surface area (Å²) >= 11 is 8.03. The standard InChI is InChI=1S/C27H28ClN3O7S2/c1-35-24-10-6-19(28)12-23(24)31(40(33,34)22-9-11-25(36-2)26(13-22)37-3)15-27(32)30-29-14-18-4-7-20(8-5-18)38-21-16-39-17-21/h4-14,21H,15-17H2,1-3H3,(H,30,32)/b29-14-. The lowest BCUT2D eigenvalue weighted by Gasteiger charge is -2.26. The molecule has 1 N–H and O–H groups in total. The number of hydrogen-bond acceptors (Lipinski definition) is 9. The van der Waals surface area contributed by atoms with E-state index in [1.165, 1.54) is 57.9 Å². The van der Waals surface area contributed by atoms with Gasteiger partial charge in [0.25, 0.3) is 15.9 Å². The van der Waals surface area contributed by atoms with Crippen LogP contribution in [0.5, 0.6) is 23.0 Å². The number of sulfonamides is 1. The molecule has 3 aromatic carbocycles. The van der Waals surface area contributed by atoms with Gasteiger partial charge in [0, 0.05) is 22.6 Å². The van der Waals surface area contributed by atoms with Crippen molar-refractivity contribution >= 4 is 51.2 Å². The minimum atomic E-state index is -4.31. The average molecular weight is 606 g/mol. The van der Waals surface area contributed by atoms with Gasteiger partial charge in [-0.2, -0.15) is 16.9 Å². The number of halogens is 1. The van der Waals surface area contributed by atoms with Crippen molar-refractivity contribution in [1.29, 1.82) is 0 Å². The Morgan fingerprint density at radius 2 is 1.68 bits per heavy atom. The molecule has 1 aliphatic rings. The van der Waals surface area contributed by atoms with E-state index in [1.807, 2.05) is 36.0 Å². The summed E-state index contributed by atoms with van der Waals surface area (Å²) in [5, 5.41) is 4.24. The van der Waals surface area contributed by atoms with E-state index in [0.29, 0.717) is 5.75 Å². The summed E-state index contributed by atoms with van der Waals surface area (Å²) in [5.41, 5.74) is 3.18. The molecule has 3 aromatic rings. The van der Waals surface area contributed by atoms with Gasteiger partial charge in [-0.15, -0.1) is 0 Å². The Kier molecular flexibility index (Phi) is 9.67. The van der Waals surface area contributed by atoms with Gasteiger partial charge in [0.15, 0.2) is 11.5 Å². The number of carbonyl (C=O) groups excluding carboxylic acids is 1. The van der Waals surface area contributed by atoms with E-state index < -0.39 is 22.5 Å². The summed E-state index contributed by atoms with van der Waals surface area (Å²) in [4.78, 5) is 12.8. The average Bonchev–Trinajstić information content (AvgIpc) is 2.93. The number of hydrogen-bond donors (Lipinski definition) is 1. The van der Waals surface area contributed by atoms with Gasteiger partial charge < -0.3 is 18.9 Å². The first kappa shape index (κ1) is 29.4. The van der Waals surface area contributed by atoms with Gasteiger partial charge in [0.1, 0.15) is 24.1 Å². The highest BCUT2D eigenvalue weighted by Crippen LogP contribution is 2.37. The maximum Gasteiger partial charge on any atom is 0.265 e. The fourth-order valence-electron chi connectivity index (χ4n) is 3.71. The van der Waals surface area contributed by atoms with Gasteiger partial charge in [0.2, 0.25) is 0 Å². The Morgan fingerprint density at radius 3 is 2.30 bits per heavy atom. The van der Waals surface area contributed by atoms with E-state index >= 15 is 0 Å². The molecule has 40 heavy (non-hydrogen) atoms. The van der Waals surface area contributed by atoms with E-state index in [1.54, 1.807) is 6.07 Å². The summed E-state index contributed by atoms with van der Waals surface area (Å²) < 4.78 is 50.3. The third kappa shape index (κ3) is 6.93. The molecule has 10 nitrogen and oxygen atoms in total. The number of amides is 1. The molecule has 0 bridgehead atoms. The van der Waals surface area contributed by atoms with Crippen molar-refractivity contribution in [3.8, 4) is 23.0 Å². The van der Waals surface area contributed by atoms with Crippen LogP contribution in [0.3, 0.4) is 0 Å². The number of nitrogens with zero attached hydrogens (tertiary/aromatic N) is 2. The molecule has 0 aromatic heterocycles. The van der Waals surface area contributed by atoms with Crippen LogP contribution in [-0.2, 0) is 14.8 Å². The first-order valence-electron chi connectivity index (χ1n) is 12.0. The van der Waals surface area contributed by atoms with Crippen molar-refractivity contribution in [2.45, 2.75) is 11.0 Å². The van der Waals surface area contributed by atoms with E-state index in [0.717, 1.165) is 27.1 Å². The van der Waals surface area contributed by atoms with Crippen LogP contribution in [0.15, 0.2) is 70.7 Å². The second-order valence-corrected chi connectivity index (χ2v) is 11.9. The summed E-state index contributed by atoms with van der Waals surface area (Å²) in [6.07, 6.45) is 1.69. The molecule has 0 aliphatic carbocycles. The molecule has 1 amide bonds. The SMILES string of the molecule is COc1ccc(S(=O)(=O)N(CC(=O)N/N=C\c2ccc(OC3CSC3)cc2)c2cc(Cl)ccc2OC)cc1OC. The molecule has 13 heteroatoms. The third-order valence-electron chi connectivity index (χ3n) is 5.83. The lowest BCUT2D eigenvalue weighted by molar-refractivity contribution is -0.119. The van der Waals surface area contributed by atoms with Crippen LogP contribution in [0.25, 0.3) is 0 Å². The molecule has 0 radical (unpaired) electrons. The molecule has 0 spiro atoms. The summed E-state index contributed by atoms with van der Waals surface area (Å²) in [6.45, 7) is -0.614. The van der Waals surface area contributed by atoms with Gasteiger partial charge in [-0.05, 0) is 60.2 Å². The lowest BCUT2D eigenvalue weighted by Crippen LogP contribution is -2.39. The summed E-state index contributed by atoms with van der Waals surface area (Å²) in [5.74, 6) is 2.79. The summed E-state index contributed by atoms with van der Waals surface area (Å²) in [6, 6.07) is 15.9. The smallest absolute Gasteiger partial charge is 0.265 e. The Morgan fingerprint density at radius 1 is 1.00 bits per heavy atom. The van der Waals surface area contributed by atoms with Gasteiger partial charge in [0.05, 0.1) is 38.1 Å². The number of thioether (sulfide) groups is 1. The van der Waals surface area contributed by atoms with Crippen LogP contribution in [-0.4, -0.2) is 66.0 Å². The second kappa shape index (κ2) is 13.2. The van der Waals surface area contributed by atoms with Crippen LogP contribution in [0, 0.1) is 0 Å². The van der Waals surface area contributed by atoms with Crippen molar-refractivity contribution < 1.29 is 32.2 Å². The van der Waals surface area contributed by atoms with Crippen LogP contribution >= 0.6 is 23.4 Å². The summed E-state index contributed by atoms with van der Waals surface area (Å²) in [7, 11) is -0.0903. The first-order valence-corrected chi connectivity index (χ1v) is 15.0. The number of rotatable bonds is 12. The fourth-order valence-corrected chi connectivity index (χ4v) is 5.88. The number of carbonyl (C=O) groups is 1. The second-order valence-electron chi connectivity index (χ2n) is 8.48. The molecule has 0 atom stereocenters. The van der Waals surface area contributed by atoms with E-state index in [4.69, 9.17) is 30.5 Å². The molecule has 4 rings (SSSR count). The zero-order valence-electron chi connectivity index (χ0n) is 22.0. The van der Waals surface area contributed by atoms with Gasteiger partial charge >= 0.3 is 0 Å². The number of methoxy groups -OCH3 is 3. The maximum atomic E-state index is 13.8. The number of benzene rings is 3. The Balaban J connectivity index is 1.56. The highest BCUT2D eigenvalue weighted by Gasteiger charge is 2.30. The topological polar surface area (TPSA) is 116 Å². The van der Waals surface area contributed by atoms with Crippen molar-refractivity contribution in [3.63, 3.8) is 0 Å². The monoisotopic (exact) mass is 605 g/mol.